The van der Waals surface area contributed by atoms with Gasteiger partial charge in [0.25, 0.3) is 0 Å². The van der Waals surface area contributed by atoms with E-state index in [1.54, 1.807) is 6.92 Å². The number of benzene rings is 1. The van der Waals surface area contributed by atoms with Crippen molar-refractivity contribution in [2.45, 2.75) is 54.9 Å². The number of hydrogen-bond acceptors (Lipinski definition) is 7. The van der Waals surface area contributed by atoms with Gasteiger partial charge in [-0.05, 0) is 36.6 Å². The Bertz CT molecular complexity index is 1440. The Morgan fingerprint density at radius 2 is 1.74 bits per heavy atom. The molecule has 0 amide bonds. The molecule has 3 heterocycles. The third kappa shape index (κ3) is 4.52. The van der Waals surface area contributed by atoms with Gasteiger partial charge in [0.15, 0.2) is 25.6 Å². The van der Waals surface area contributed by atoms with Gasteiger partial charge < -0.3 is 19.8 Å². The fourth-order valence-corrected chi connectivity index (χ4v) is 4.52. The van der Waals surface area contributed by atoms with Gasteiger partial charge in [-0.25, -0.2) is 9.50 Å². The SMILES string of the molecule is [B]C1([B])OC([B])(O)C([B])([B])N(c2cc(CC)c3nc(C=O)c(Cc4cccc(C(F)(F)F)c4C)n3n2)C1([B])O. The molecule has 3 aromatic rings. The van der Waals surface area contributed by atoms with E-state index in [4.69, 9.17) is 51.8 Å². The van der Waals surface area contributed by atoms with Crippen LogP contribution in [0, 0.1) is 6.92 Å². The van der Waals surface area contributed by atoms with Crippen molar-refractivity contribution in [1.82, 2.24) is 14.6 Å². The number of halogens is 3. The van der Waals surface area contributed by atoms with Crippen molar-refractivity contribution in [2.75, 3.05) is 4.90 Å². The standard InChI is InChI=1S/C22H17B6F3N4O4/c1-3-11-8-16(35-19(23,24)22(28,38)39-20(25,26)21(35,27)37)33-34-15(14(9-36)32-17(11)34)7-12-5-4-6-13(10(12)2)18(29,30)31/h4-6,8-9,37-38H,3,7H2,1-2H3. The molecular weight excluding hydrogens is 506 g/mol. The summed E-state index contributed by atoms with van der Waals surface area (Å²) in [5.41, 5.74) is -5.99. The minimum absolute atomic E-state index is 0.0552. The zero-order valence-electron chi connectivity index (χ0n) is 20.9. The second-order valence-corrected chi connectivity index (χ2v) is 9.42. The number of nitrogens with zero attached hydrogens (tertiary/aromatic N) is 4. The van der Waals surface area contributed by atoms with Crippen LogP contribution in [0.2, 0.25) is 0 Å². The highest BCUT2D eigenvalue weighted by molar-refractivity contribution is 6.50. The molecule has 0 bridgehead atoms. The Kier molecular flexibility index (Phi) is 6.93. The molecule has 39 heavy (non-hydrogen) atoms. The van der Waals surface area contributed by atoms with Crippen LogP contribution < -0.4 is 4.90 Å². The third-order valence-electron chi connectivity index (χ3n) is 6.79. The lowest BCUT2D eigenvalue weighted by Crippen LogP contribution is -2.86. The molecule has 1 fully saturated rings. The van der Waals surface area contributed by atoms with E-state index in [-0.39, 0.29) is 46.8 Å². The number of imidazole rings is 1. The van der Waals surface area contributed by atoms with E-state index in [0.717, 1.165) is 6.07 Å². The van der Waals surface area contributed by atoms with E-state index in [1.807, 2.05) is 0 Å². The van der Waals surface area contributed by atoms with E-state index >= 15 is 0 Å². The number of hydrogen-bond donors (Lipinski definition) is 2. The van der Waals surface area contributed by atoms with Gasteiger partial charge in [0.2, 0.25) is 0 Å². The molecule has 17 heteroatoms. The highest BCUT2D eigenvalue weighted by atomic mass is 19.4. The van der Waals surface area contributed by atoms with E-state index < -0.39 is 33.8 Å². The first-order valence-corrected chi connectivity index (χ1v) is 11.5. The average molecular weight is 523 g/mol. The van der Waals surface area contributed by atoms with Gasteiger partial charge in [-0.3, -0.25) is 4.79 Å². The number of aromatic nitrogens is 3. The van der Waals surface area contributed by atoms with E-state index in [1.165, 1.54) is 29.6 Å². The number of aryl methyl sites for hydroxylation is 1. The van der Waals surface area contributed by atoms with Crippen LogP contribution in [-0.2, 0) is 23.8 Å². The fraction of sp³-hybridized carbons (Fsp3) is 0.409. The lowest BCUT2D eigenvalue weighted by atomic mass is 9.42. The van der Waals surface area contributed by atoms with Crippen molar-refractivity contribution in [1.29, 1.82) is 0 Å². The number of aldehydes is 1. The smallest absolute Gasteiger partial charge is 0.379 e. The van der Waals surface area contributed by atoms with Crippen molar-refractivity contribution in [3.8, 4) is 0 Å². The zero-order chi connectivity index (χ0) is 29.3. The van der Waals surface area contributed by atoms with E-state index in [0.29, 0.717) is 16.7 Å². The molecule has 2 aromatic heterocycles. The first-order valence-electron chi connectivity index (χ1n) is 11.5. The van der Waals surface area contributed by atoms with Crippen LogP contribution in [-0.4, -0.2) is 100 Å². The number of morpholine rings is 1. The van der Waals surface area contributed by atoms with Crippen molar-refractivity contribution in [3.63, 3.8) is 0 Å². The van der Waals surface area contributed by atoms with Crippen LogP contribution in [0.15, 0.2) is 24.3 Å². The Labute approximate surface area is 230 Å². The van der Waals surface area contributed by atoms with Crippen molar-refractivity contribution >= 4 is 64.8 Å². The summed E-state index contributed by atoms with van der Waals surface area (Å²) in [6, 6.07) is 5.00. The van der Waals surface area contributed by atoms with Gasteiger partial charge in [0, 0.05) is 22.7 Å². The van der Waals surface area contributed by atoms with E-state index in [2.05, 4.69) is 10.1 Å². The first-order chi connectivity index (χ1) is 17.8. The Morgan fingerprint density at radius 3 is 2.31 bits per heavy atom. The highest BCUT2D eigenvalue weighted by Gasteiger charge is 2.61. The Balaban J connectivity index is 1.98. The summed E-state index contributed by atoms with van der Waals surface area (Å²) < 4.78 is 46.6. The summed E-state index contributed by atoms with van der Waals surface area (Å²) in [6.45, 7) is 3.04. The van der Waals surface area contributed by atoms with Crippen LogP contribution in [0.1, 0.15) is 45.4 Å². The summed E-state index contributed by atoms with van der Waals surface area (Å²) in [5, 5.41) is 20.6. The number of carbonyl (C=O) groups is 1. The summed E-state index contributed by atoms with van der Waals surface area (Å²) in [6.07, 6.45) is -4.10. The van der Waals surface area contributed by atoms with Crippen LogP contribution in [0.3, 0.4) is 0 Å². The van der Waals surface area contributed by atoms with Crippen molar-refractivity contribution in [2.24, 2.45) is 0 Å². The number of fused-ring (bicyclic) bond motifs is 1. The molecular formula is C22H17B6F3N4O4. The molecule has 8 nitrogen and oxygen atoms in total. The normalized spacial score (nSPS) is 24.6. The van der Waals surface area contributed by atoms with Crippen molar-refractivity contribution < 1.29 is 32.9 Å². The lowest BCUT2D eigenvalue weighted by molar-refractivity contribution is -0.233. The molecule has 0 aliphatic carbocycles. The highest BCUT2D eigenvalue weighted by Crippen LogP contribution is 2.43. The maximum Gasteiger partial charge on any atom is 0.416 e. The van der Waals surface area contributed by atoms with Crippen LogP contribution in [0.25, 0.3) is 5.65 Å². The predicted octanol–water partition coefficient (Wildman–Crippen LogP) is -0.530. The minimum atomic E-state index is -4.60. The van der Waals surface area contributed by atoms with Gasteiger partial charge in [0.1, 0.15) is 40.5 Å². The maximum absolute atomic E-state index is 13.5. The molecule has 12 radical (unpaired) electrons. The molecule has 1 aromatic carbocycles. The summed E-state index contributed by atoms with van der Waals surface area (Å²) in [4.78, 5) is 16.8. The van der Waals surface area contributed by atoms with Gasteiger partial charge >= 0.3 is 6.18 Å². The van der Waals surface area contributed by atoms with Gasteiger partial charge in [-0.2, -0.15) is 13.2 Å². The van der Waals surface area contributed by atoms with Crippen molar-refractivity contribution in [3.05, 3.63) is 57.9 Å². The number of alkyl halides is 3. The maximum atomic E-state index is 13.5. The molecule has 1 aliphatic heterocycles. The second-order valence-electron chi connectivity index (χ2n) is 9.42. The predicted molar refractivity (Wildman–Crippen MR) is 140 cm³/mol. The van der Waals surface area contributed by atoms with Crippen LogP contribution in [0.5, 0.6) is 0 Å². The topological polar surface area (TPSA) is 100 Å². The van der Waals surface area contributed by atoms with Gasteiger partial charge in [-0.15, -0.1) is 5.10 Å². The number of anilines is 1. The quantitative estimate of drug-likeness (QED) is 0.343. The third-order valence-corrected chi connectivity index (χ3v) is 6.79. The molecule has 2 N–H and O–H groups in total. The van der Waals surface area contributed by atoms with Gasteiger partial charge in [0.05, 0.1) is 26.9 Å². The number of rotatable bonds is 5. The zero-order valence-corrected chi connectivity index (χ0v) is 20.9. The summed E-state index contributed by atoms with van der Waals surface area (Å²) >= 11 is 0. The number of ether oxygens (including phenoxy) is 1. The molecule has 188 valence electrons. The molecule has 4 rings (SSSR count). The molecule has 0 saturated carbocycles. The number of carbonyl (C=O) groups excluding carboxylic acids is 1. The minimum Gasteiger partial charge on any atom is -0.379 e. The summed E-state index contributed by atoms with van der Waals surface area (Å²) in [5.74, 6) is -0.335. The second kappa shape index (κ2) is 9.21. The van der Waals surface area contributed by atoms with Crippen LogP contribution >= 0.6 is 0 Å². The monoisotopic (exact) mass is 524 g/mol. The largest absolute Gasteiger partial charge is 0.416 e. The molecule has 2 unspecified atom stereocenters. The molecule has 1 saturated heterocycles. The van der Waals surface area contributed by atoms with Gasteiger partial charge in [-0.1, -0.05) is 19.1 Å². The first kappa shape index (κ1) is 29.4. The molecule has 0 spiro atoms. The lowest BCUT2D eigenvalue weighted by Gasteiger charge is -2.67. The fourth-order valence-electron chi connectivity index (χ4n) is 4.52. The number of aliphatic hydroxyl groups is 2. The van der Waals surface area contributed by atoms with E-state index in [9.17, 15) is 28.2 Å². The summed E-state index contributed by atoms with van der Waals surface area (Å²) in [7, 11) is 35.4. The Hall–Kier alpha value is -2.63. The molecule has 2 atom stereocenters. The van der Waals surface area contributed by atoms with Crippen LogP contribution in [0.4, 0.5) is 19.0 Å². The average Bonchev–Trinajstić information content (AvgIpc) is 3.14. The molecule has 1 aliphatic rings. The Morgan fingerprint density at radius 1 is 1.10 bits per heavy atom.